The number of halogens is 5. The Hall–Kier alpha value is -2.26. The molecule has 0 heterocycles. The second-order valence-corrected chi connectivity index (χ2v) is 8.85. The highest BCUT2D eigenvalue weighted by Gasteiger charge is 2.39. The number of nitrogens with one attached hydrogen (secondary N) is 1. The van der Waals surface area contributed by atoms with Crippen molar-refractivity contribution in [1.29, 1.82) is 0 Å². The summed E-state index contributed by atoms with van der Waals surface area (Å²) in [6.07, 6.45) is -7.58. The third-order valence-electron chi connectivity index (χ3n) is 4.17. The summed E-state index contributed by atoms with van der Waals surface area (Å²) in [4.78, 5) is -0.0990. The van der Waals surface area contributed by atoms with Crippen LogP contribution < -0.4 is 4.72 Å². The van der Waals surface area contributed by atoms with E-state index in [1.807, 2.05) is 0 Å². The van der Waals surface area contributed by atoms with Crippen molar-refractivity contribution in [3.8, 4) is 11.1 Å². The van der Waals surface area contributed by atoms with Crippen molar-refractivity contribution in [2.45, 2.75) is 17.2 Å². The highest BCUT2D eigenvalue weighted by molar-refractivity contribution is 7.92. The molecule has 2 N–H and O–H groups in total. The number of rotatable bonds is 5. The van der Waals surface area contributed by atoms with Gasteiger partial charge < -0.3 is 5.11 Å². The predicted molar refractivity (Wildman–Crippen MR) is 110 cm³/mol. The van der Waals surface area contributed by atoms with Crippen LogP contribution in [-0.4, -0.2) is 19.7 Å². The molecule has 1 atom stereocenters. The van der Waals surface area contributed by atoms with Crippen molar-refractivity contribution >= 4 is 38.9 Å². The van der Waals surface area contributed by atoms with Gasteiger partial charge in [-0.05, 0) is 47.5 Å². The minimum Gasteiger partial charge on any atom is -0.379 e. The van der Waals surface area contributed by atoms with E-state index in [0.29, 0.717) is 21.2 Å². The predicted octanol–water partition coefficient (Wildman–Crippen LogP) is 6.06. The van der Waals surface area contributed by atoms with Gasteiger partial charge in [-0.3, -0.25) is 4.72 Å². The average Bonchev–Trinajstić information content (AvgIpc) is 2.67. The molecular weight excluding hydrogens is 462 g/mol. The highest BCUT2D eigenvalue weighted by atomic mass is 35.5. The Bertz CT molecular complexity index is 1170. The van der Waals surface area contributed by atoms with Crippen LogP contribution in [0.3, 0.4) is 0 Å². The van der Waals surface area contributed by atoms with E-state index in [1.54, 1.807) is 30.3 Å². The first-order valence-electron chi connectivity index (χ1n) is 8.40. The molecule has 0 saturated heterocycles. The highest BCUT2D eigenvalue weighted by Crippen LogP contribution is 2.34. The smallest absolute Gasteiger partial charge is 0.379 e. The number of alkyl halides is 3. The zero-order chi connectivity index (χ0) is 22.1. The second kappa shape index (κ2) is 8.47. The maximum absolute atomic E-state index is 12.7. The molecule has 0 saturated carbocycles. The lowest BCUT2D eigenvalue weighted by molar-refractivity contribution is -0.206. The Kier molecular flexibility index (Phi) is 6.33. The number of aliphatic hydroxyl groups excluding tert-OH is 1. The monoisotopic (exact) mass is 475 g/mol. The molecule has 158 valence electrons. The lowest BCUT2D eigenvalue weighted by Crippen LogP contribution is -2.20. The van der Waals surface area contributed by atoms with Crippen LogP contribution in [0.25, 0.3) is 11.1 Å². The fourth-order valence-electron chi connectivity index (χ4n) is 2.71. The van der Waals surface area contributed by atoms with Gasteiger partial charge in [0.2, 0.25) is 0 Å². The summed E-state index contributed by atoms with van der Waals surface area (Å²) < 4.78 is 65.5. The molecule has 3 aromatic rings. The van der Waals surface area contributed by atoms with E-state index in [-0.39, 0.29) is 10.6 Å². The van der Waals surface area contributed by atoms with Crippen LogP contribution in [0, 0.1) is 0 Å². The van der Waals surface area contributed by atoms with Crippen molar-refractivity contribution in [3.05, 3.63) is 82.3 Å². The summed E-state index contributed by atoms with van der Waals surface area (Å²) in [5.74, 6) is 0. The number of hydrogen-bond donors (Lipinski definition) is 2. The molecule has 0 aromatic heterocycles. The fourth-order valence-corrected chi connectivity index (χ4v) is 4.28. The normalized spacial score (nSPS) is 13.1. The van der Waals surface area contributed by atoms with Crippen molar-refractivity contribution < 1.29 is 26.7 Å². The molecule has 0 aliphatic heterocycles. The molecule has 0 radical (unpaired) electrons. The maximum Gasteiger partial charge on any atom is 0.418 e. The van der Waals surface area contributed by atoms with Crippen LogP contribution in [-0.2, 0) is 10.0 Å². The van der Waals surface area contributed by atoms with Gasteiger partial charge in [-0.1, -0.05) is 53.5 Å². The Balaban J connectivity index is 1.84. The zero-order valence-electron chi connectivity index (χ0n) is 15.0. The third kappa shape index (κ3) is 5.07. The Labute approximate surface area is 180 Å². The van der Waals surface area contributed by atoms with E-state index in [1.165, 1.54) is 24.3 Å². The summed E-state index contributed by atoms with van der Waals surface area (Å²) in [5, 5.41) is 10.2. The van der Waals surface area contributed by atoms with Crippen LogP contribution in [0.5, 0.6) is 0 Å². The number of benzene rings is 3. The minimum atomic E-state index is -4.86. The van der Waals surface area contributed by atoms with Crippen LogP contribution in [0.15, 0.2) is 71.6 Å². The maximum atomic E-state index is 12.7. The van der Waals surface area contributed by atoms with Crippen LogP contribution in [0.4, 0.5) is 18.9 Å². The van der Waals surface area contributed by atoms with E-state index < -0.39 is 27.9 Å². The van der Waals surface area contributed by atoms with E-state index in [0.717, 1.165) is 12.1 Å². The molecule has 0 aliphatic rings. The standard InChI is InChI=1S/C20H14Cl2F3NO3S/c21-14-6-9-17(18(22)11-14)12-4-7-16(8-5-12)30(28,29)26-15-3-1-2-13(10-15)19(27)20(23,24)25/h1-11,19,26-27H/t19-/m1/s1. The van der Waals surface area contributed by atoms with Crippen LogP contribution >= 0.6 is 23.2 Å². The number of sulfonamides is 1. The van der Waals surface area contributed by atoms with E-state index in [9.17, 15) is 26.7 Å². The van der Waals surface area contributed by atoms with Crippen molar-refractivity contribution in [2.24, 2.45) is 0 Å². The molecule has 0 bridgehead atoms. The van der Waals surface area contributed by atoms with Crippen molar-refractivity contribution in [1.82, 2.24) is 0 Å². The summed E-state index contributed by atoms with van der Waals surface area (Å²) in [6, 6.07) is 15.2. The molecule has 0 fully saturated rings. The average molecular weight is 476 g/mol. The fraction of sp³-hybridized carbons (Fsp3) is 0.100. The number of anilines is 1. The van der Waals surface area contributed by atoms with Gasteiger partial charge >= 0.3 is 6.18 Å². The van der Waals surface area contributed by atoms with Gasteiger partial charge in [0.05, 0.1) is 4.90 Å². The summed E-state index contributed by atoms with van der Waals surface area (Å²) in [7, 11) is -4.07. The van der Waals surface area contributed by atoms with E-state index >= 15 is 0 Å². The van der Waals surface area contributed by atoms with Crippen LogP contribution in [0.2, 0.25) is 10.0 Å². The first kappa shape index (κ1) is 22.4. The first-order chi connectivity index (χ1) is 14.0. The van der Waals surface area contributed by atoms with E-state index in [4.69, 9.17) is 23.2 Å². The first-order valence-corrected chi connectivity index (χ1v) is 10.6. The van der Waals surface area contributed by atoms with Crippen molar-refractivity contribution in [3.63, 3.8) is 0 Å². The molecule has 0 spiro atoms. The molecule has 3 rings (SSSR count). The summed E-state index contributed by atoms with van der Waals surface area (Å²) in [5.41, 5.74) is 0.730. The van der Waals surface area contributed by atoms with Gasteiger partial charge in [0.15, 0.2) is 6.10 Å². The third-order valence-corrected chi connectivity index (χ3v) is 6.12. The lowest BCUT2D eigenvalue weighted by atomic mass is 10.1. The molecule has 0 aliphatic carbocycles. The number of hydrogen-bond acceptors (Lipinski definition) is 3. The SMILES string of the molecule is O=S(=O)(Nc1cccc([C@@H](O)C(F)(F)F)c1)c1ccc(-c2ccc(Cl)cc2Cl)cc1. The minimum absolute atomic E-state index is 0.0990. The van der Waals surface area contributed by atoms with Gasteiger partial charge in [-0.15, -0.1) is 0 Å². The van der Waals surface area contributed by atoms with E-state index in [2.05, 4.69) is 4.72 Å². The van der Waals surface area contributed by atoms with Gasteiger partial charge in [0.1, 0.15) is 0 Å². The molecule has 0 unspecified atom stereocenters. The zero-order valence-corrected chi connectivity index (χ0v) is 17.3. The largest absolute Gasteiger partial charge is 0.418 e. The quantitative estimate of drug-likeness (QED) is 0.471. The topological polar surface area (TPSA) is 66.4 Å². The molecule has 3 aromatic carbocycles. The second-order valence-electron chi connectivity index (χ2n) is 6.32. The molecule has 10 heteroatoms. The summed E-state index contributed by atoms with van der Waals surface area (Å²) in [6.45, 7) is 0. The van der Waals surface area contributed by atoms with Crippen LogP contribution in [0.1, 0.15) is 11.7 Å². The Morgan fingerprint density at radius 3 is 2.20 bits per heavy atom. The Morgan fingerprint density at radius 2 is 1.60 bits per heavy atom. The Morgan fingerprint density at radius 1 is 0.933 bits per heavy atom. The molecule has 0 amide bonds. The summed E-state index contributed by atoms with van der Waals surface area (Å²) >= 11 is 12.0. The molecule has 4 nitrogen and oxygen atoms in total. The van der Waals surface area contributed by atoms with Gasteiger partial charge in [-0.25, -0.2) is 8.42 Å². The molecule has 30 heavy (non-hydrogen) atoms. The lowest BCUT2D eigenvalue weighted by Gasteiger charge is -2.16. The molecular formula is C20H14Cl2F3NO3S. The van der Waals surface area contributed by atoms with Crippen molar-refractivity contribution in [2.75, 3.05) is 4.72 Å². The van der Waals surface area contributed by atoms with Gasteiger partial charge in [-0.2, -0.15) is 13.2 Å². The number of aliphatic hydroxyl groups is 1. The van der Waals surface area contributed by atoms with Gasteiger partial charge in [0, 0.05) is 21.3 Å². The van der Waals surface area contributed by atoms with Gasteiger partial charge in [0.25, 0.3) is 10.0 Å².